The third-order valence-corrected chi connectivity index (χ3v) is 5.74. The maximum atomic E-state index is 6.01. The molecule has 1 fully saturated rings. The molecule has 0 amide bonds. The fourth-order valence-electron chi connectivity index (χ4n) is 3.49. The number of thiophene rings is 1. The van der Waals surface area contributed by atoms with Crippen molar-refractivity contribution in [3.8, 4) is 5.75 Å². The molecule has 0 spiro atoms. The number of hydrogen-bond donors (Lipinski definition) is 1. The van der Waals surface area contributed by atoms with Gasteiger partial charge < -0.3 is 19.9 Å². The Bertz CT molecular complexity index is 704. The van der Waals surface area contributed by atoms with Gasteiger partial charge in [0.05, 0.1) is 11.5 Å². The Morgan fingerprint density at radius 1 is 1.19 bits per heavy atom. The molecule has 1 aromatic heterocycles. The molecule has 140 valence electrons. The lowest BCUT2D eigenvalue weighted by Gasteiger charge is -2.37. The van der Waals surface area contributed by atoms with Gasteiger partial charge in [0.2, 0.25) is 0 Å². The number of ether oxygens (including phenoxy) is 1. The van der Waals surface area contributed by atoms with Crippen molar-refractivity contribution in [2.75, 3.05) is 44.7 Å². The first-order valence-electron chi connectivity index (χ1n) is 8.82. The van der Waals surface area contributed by atoms with Crippen LogP contribution in [0.15, 0.2) is 46.8 Å². The summed E-state index contributed by atoms with van der Waals surface area (Å²) in [6.07, 6.45) is 1.15. The van der Waals surface area contributed by atoms with Crippen LogP contribution in [0.4, 0.5) is 5.00 Å². The average molecular weight is 484 g/mol. The standard InChI is InChI=1S/C19H24N4OS.HI/c1-20-19(21-14-16-13-15-5-2-3-6-17(15)24-16)23-10-8-22(9-11-23)18-7-4-12-25-18;/h2-7,12,16H,8-11,13-14H2,1H3,(H,20,21);1H. The van der Waals surface area contributed by atoms with Crippen LogP contribution in [0.5, 0.6) is 5.75 Å². The monoisotopic (exact) mass is 484 g/mol. The molecule has 7 heteroatoms. The molecule has 1 atom stereocenters. The van der Waals surface area contributed by atoms with Crippen LogP contribution in [0.2, 0.25) is 0 Å². The van der Waals surface area contributed by atoms with Gasteiger partial charge in [-0.2, -0.15) is 0 Å². The van der Waals surface area contributed by atoms with Gasteiger partial charge in [-0.3, -0.25) is 4.99 Å². The van der Waals surface area contributed by atoms with Crippen molar-refractivity contribution in [3.63, 3.8) is 0 Å². The molecule has 1 unspecified atom stereocenters. The van der Waals surface area contributed by atoms with E-state index < -0.39 is 0 Å². The molecule has 0 aliphatic carbocycles. The highest BCUT2D eigenvalue weighted by molar-refractivity contribution is 14.0. The van der Waals surface area contributed by atoms with Crippen LogP contribution in [0.3, 0.4) is 0 Å². The van der Waals surface area contributed by atoms with E-state index in [1.807, 2.05) is 30.5 Å². The fourth-order valence-corrected chi connectivity index (χ4v) is 4.28. The molecule has 4 rings (SSSR count). The summed E-state index contributed by atoms with van der Waals surface area (Å²) < 4.78 is 6.01. The molecule has 5 nitrogen and oxygen atoms in total. The minimum absolute atomic E-state index is 0. The average Bonchev–Trinajstić information content (AvgIpc) is 3.32. The van der Waals surface area contributed by atoms with E-state index in [1.165, 1.54) is 10.6 Å². The first-order valence-corrected chi connectivity index (χ1v) is 9.70. The highest BCUT2D eigenvalue weighted by atomic mass is 127. The van der Waals surface area contributed by atoms with Gasteiger partial charge >= 0.3 is 0 Å². The molecule has 1 N–H and O–H groups in total. The summed E-state index contributed by atoms with van der Waals surface area (Å²) in [6, 6.07) is 12.6. The second-order valence-electron chi connectivity index (χ2n) is 6.41. The maximum absolute atomic E-state index is 6.01. The Hall–Kier alpha value is -1.48. The molecule has 3 heterocycles. The number of guanidine groups is 1. The topological polar surface area (TPSA) is 40.1 Å². The smallest absolute Gasteiger partial charge is 0.193 e. The Kier molecular flexibility index (Phi) is 6.63. The van der Waals surface area contributed by atoms with Crippen LogP contribution in [0, 0.1) is 0 Å². The van der Waals surface area contributed by atoms with E-state index in [-0.39, 0.29) is 30.1 Å². The maximum Gasteiger partial charge on any atom is 0.193 e. The van der Waals surface area contributed by atoms with Crippen molar-refractivity contribution in [1.29, 1.82) is 0 Å². The summed E-state index contributed by atoms with van der Waals surface area (Å²) >= 11 is 1.81. The van der Waals surface area contributed by atoms with Crippen molar-refractivity contribution >= 4 is 46.3 Å². The lowest BCUT2D eigenvalue weighted by molar-refractivity contribution is 0.232. The third-order valence-electron chi connectivity index (χ3n) is 4.81. The zero-order valence-corrected chi connectivity index (χ0v) is 18.1. The molecule has 0 radical (unpaired) electrons. The second-order valence-corrected chi connectivity index (χ2v) is 7.33. The number of nitrogens with one attached hydrogen (secondary N) is 1. The summed E-state index contributed by atoms with van der Waals surface area (Å²) in [5.41, 5.74) is 1.30. The van der Waals surface area contributed by atoms with Gasteiger partial charge in [0.25, 0.3) is 0 Å². The first kappa shape index (κ1) is 19.3. The van der Waals surface area contributed by atoms with Crippen molar-refractivity contribution in [1.82, 2.24) is 10.2 Å². The minimum Gasteiger partial charge on any atom is -0.488 e. The van der Waals surface area contributed by atoms with E-state index in [0.29, 0.717) is 0 Å². The summed E-state index contributed by atoms with van der Waals surface area (Å²) in [4.78, 5) is 9.26. The fraction of sp³-hybridized carbons (Fsp3) is 0.421. The lowest BCUT2D eigenvalue weighted by Crippen LogP contribution is -2.53. The number of piperazine rings is 1. The molecule has 2 aliphatic heterocycles. The van der Waals surface area contributed by atoms with Gasteiger partial charge in [0, 0.05) is 39.6 Å². The quantitative estimate of drug-likeness (QED) is 0.413. The Morgan fingerprint density at radius 3 is 2.69 bits per heavy atom. The van der Waals surface area contributed by atoms with Gasteiger partial charge in [-0.05, 0) is 29.1 Å². The van der Waals surface area contributed by atoms with E-state index >= 15 is 0 Å². The number of aliphatic imine (C=N–C) groups is 1. The zero-order chi connectivity index (χ0) is 17.1. The van der Waals surface area contributed by atoms with Gasteiger partial charge in [0.15, 0.2) is 5.96 Å². The number of fused-ring (bicyclic) bond motifs is 1. The molecule has 1 aromatic carbocycles. The van der Waals surface area contributed by atoms with Crippen molar-refractivity contribution in [2.45, 2.75) is 12.5 Å². The van der Waals surface area contributed by atoms with Crippen LogP contribution >= 0.6 is 35.3 Å². The van der Waals surface area contributed by atoms with Gasteiger partial charge in [-0.25, -0.2) is 0 Å². The van der Waals surface area contributed by atoms with Crippen LogP contribution < -0.4 is 15.0 Å². The van der Waals surface area contributed by atoms with E-state index in [1.54, 1.807) is 0 Å². The van der Waals surface area contributed by atoms with Crippen LogP contribution in [-0.4, -0.2) is 56.7 Å². The van der Waals surface area contributed by atoms with Crippen molar-refractivity contribution in [3.05, 3.63) is 47.3 Å². The Balaban J connectivity index is 0.00000196. The van der Waals surface area contributed by atoms with Crippen molar-refractivity contribution in [2.24, 2.45) is 4.99 Å². The number of nitrogens with zero attached hydrogens (tertiary/aromatic N) is 3. The number of hydrogen-bond acceptors (Lipinski definition) is 4. The molecule has 0 saturated carbocycles. The summed E-state index contributed by atoms with van der Waals surface area (Å²) in [5, 5.41) is 7.00. The number of para-hydroxylation sites is 1. The first-order chi connectivity index (χ1) is 12.3. The van der Waals surface area contributed by atoms with Gasteiger partial charge in [-0.15, -0.1) is 35.3 Å². The van der Waals surface area contributed by atoms with E-state index in [0.717, 1.165) is 50.9 Å². The molecule has 2 aliphatic rings. The largest absolute Gasteiger partial charge is 0.488 e. The molecular formula is C19H25IN4OS. The SMILES string of the molecule is CN=C(NCC1Cc2ccccc2O1)N1CCN(c2cccs2)CC1.I. The number of rotatable bonds is 3. The molecule has 1 saturated heterocycles. The highest BCUT2D eigenvalue weighted by Gasteiger charge is 2.24. The third kappa shape index (κ3) is 4.25. The van der Waals surface area contributed by atoms with Crippen LogP contribution in [0.25, 0.3) is 0 Å². The summed E-state index contributed by atoms with van der Waals surface area (Å²) in [7, 11) is 1.86. The van der Waals surface area contributed by atoms with Crippen LogP contribution in [-0.2, 0) is 6.42 Å². The highest BCUT2D eigenvalue weighted by Crippen LogP contribution is 2.27. The number of benzene rings is 1. The molecule has 26 heavy (non-hydrogen) atoms. The van der Waals surface area contributed by atoms with Crippen LogP contribution in [0.1, 0.15) is 5.56 Å². The zero-order valence-electron chi connectivity index (χ0n) is 14.9. The van der Waals surface area contributed by atoms with E-state index in [4.69, 9.17) is 4.74 Å². The van der Waals surface area contributed by atoms with Crippen molar-refractivity contribution < 1.29 is 4.74 Å². The minimum atomic E-state index is 0. The Morgan fingerprint density at radius 2 is 2.00 bits per heavy atom. The van der Waals surface area contributed by atoms with Gasteiger partial charge in [-0.1, -0.05) is 18.2 Å². The molecule has 0 bridgehead atoms. The lowest BCUT2D eigenvalue weighted by atomic mass is 10.1. The van der Waals surface area contributed by atoms with E-state index in [2.05, 4.69) is 49.8 Å². The normalized spacial score (nSPS) is 19.6. The second kappa shape index (κ2) is 8.94. The summed E-state index contributed by atoms with van der Waals surface area (Å²) in [5.74, 6) is 2.00. The molecular weight excluding hydrogens is 459 g/mol. The number of halogens is 1. The Labute approximate surface area is 176 Å². The predicted molar refractivity (Wildman–Crippen MR) is 119 cm³/mol. The van der Waals surface area contributed by atoms with Gasteiger partial charge in [0.1, 0.15) is 11.9 Å². The summed E-state index contributed by atoms with van der Waals surface area (Å²) in [6.45, 7) is 4.83. The molecule has 2 aromatic rings. The number of anilines is 1. The predicted octanol–water partition coefficient (Wildman–Crippen LogP) is 3.07. The van der Waals surface area contributed by atoms with E-state index in [9.17, 15) is 0 Å².